The van der Waals surface area contributed by atoms with E-state index < -0.39 is 19.4 Å². The lowest BCUT2D eigenvalue weighted by molar-refractivity contribution is 0.154. The van der Waals surface area contributed by atoms with E-state index in [4.69, 9.17) is 21.4 Å². The number of fused-ring (bicyclic) bond motifs is 1. The fraction of sp³-hybridized carbons (Fsp3) is 0.474. The molecule has 11 nitrogen and oxygen atoms in total. The molecule has 3 aromatic rings. The van der Waals surface area contributed by atoms with Crippen LogP contribution in [0.25, 0.3) is 10.3 Å². The number of nitrogens with zero attached hydrogens (tertiary/aromatic N) is 4. The SMILES string of the molecule is CC(C)CC(CO)Nc1nc(SC(C)c2ccc(Cl)cn2)nc2c1sc(=O)n2COP(=O)(O)O. The quantitative estimate of drug-likeness (QED) is 0.157. The summed E-state index contributed by atoms with van der Waals surface area (Å²) in [5, 5.41) is 13.7. The van der Waals surface area contributed by atoms with Gasteiger partial charge in [0.05, 0.1) is 28.6 Å². The third kappa shape index (κ3) is 7.22. The molecule has 2 atom stereocenters. The maximum absolute atomic E-state index is 12.6. The van der Waals surface area contributed by atoms with E-state index in [0.29, 0.717) is 33.0 Å². The number of hydrogen-bond donors (Lipinski definition) is 4. The van der Waals surface area contributed by atoms with Gasteiger partial charge in [0.15, 0.2) is 16.6 Å². The fourth-order valence-corrected chi connectivity index (χ4v) is 5.22. The summed E-state index contributed by atoms with van der Waals surface area (Å²) in [6.45, 7) is 5.14. The highest BCUT2D eigenvalue weighted by Gasteiger charge is 2.23. The number of phosphoric acid groups is 1. The summed E-state index contributed by atoms with van der Waals surface area (Å²) < 4.78 is 17.2. The summed E-state index contributed by atoms with van der Waals surface area (Å²) in [7, 11) is -4.81. The number of aliphatic hydroxyl groups is 1. The number of halogens is 1. The van der Waals surface area contributed by atoms with E-state index >= 15 is 0 Å². The number of thioether (sulfide) groups is 1. The molecule has 2 unspecified atom stereocenters. The summed E-state index contributed by atoms with van der Waals surface area (Å²) in [4.78, 5) is 43.6. The van der Waals surface area contributed by atoms with E-state index in [2.05, 4.69) is 24.8 Å². The van der Waals surface area contributed by atoms with Crippen LogP contribution in [0.2, 0.25) is 5.02 Å². The largest absolute Gasteiger partial charge is 0.471 e. The van der Waals surface area contributed by atoms with Crippen molar-refractivity contribution >= 4 is 58.7 Å². The number of pyridine rings is 1. The molecule has 3 heterocycles. The van der Waals surface area contributed by atoms with Gasteiger partial charge in [0.1, 0.15) is 11.4 Å². The zero-order valence-corrected chi connectivity index (χ0v) is 21.9. The highest BCUT2D eigenvalue weighted by molar-refractivity contribution is 7.99. The van der Waals surface area contributed by atoms with E-state index in [1.807, 2.05) is 20.8 Å². The summed E-state index contributed by atoms with van der Waals surface area (Å²) in [5.41, 5.74) is 0.911. The minimum Gasteiger partial charge on any atom is -0.394 e. The molecule has 0 fully saturated rings. The Balaban J connectivity index is 2.03. The summed E-state index contributed by atoms with van der Waals surface area (Å²) >= 11 is 8.03. The van der Waals surface area contributed by atoms with Crippen LogP contribution < -0.4 is 10.2 Å². The molecule has 34 heavy (non-hydrogen) atoms. The maximum atomic E-state index is 12.6. The number of aromatic nitrogens is 4. The smallest absolute Gasteiger partial charge is 0.394 e. The van der Waals surface area contributed by atoms with E-state index in [1.54, 1.807) is 18.3 Å². The Hall–Kier alpha value is -1.57. The van der Waals surface area contributed by atoms with Gasteiger partial charge >= 0.3 is 12.7 Å². The first-order valence-electron chi connectivity index (χ1n) is 10.2. The van der Waals surface area contributed by atoms with Crippen molar-refractivity contribution in [3.63, 3.8) is 0 Å². The molecular weight excluding hydrogens is 525 g/mol. The van der Waals surface area contributed by atoms with Crippen molar-refractivity contribution in [2.75, 3.05) is 11.9 Å². The van der Waals surface area contributed by atoms with Crippen LogP contribution in [-0.2, 0) is 15.8 Å². The molecule has 0 aliphatic carbocycles. The predicted octanol–water partition coefficient (Wildman–Crippen LogP) is 3.64. The maximum Gasteiger partial charge on any atom is 0.471 e. The Kier molecular flexibility index (Phi) is 9.10. The average molecular weight is 550 g/mol. The van der Waals surface area contributed by atoms with Crippen molar-refractivity contribution in [1.82, 2.24) is 19.5 Å². The van der Waals surface area contributed by atoms with Crippen molar-refractivity contribution in [1.29, 1.82) is 0 Å². The van der Waals surface area contributed by atoms with Crippen LogP contribution in [0.4, 0.5) is 5.82 Å². The Bertz CT molecular complexity index is 1230. The van der Waals surface area contributed by atoms with Crippen molar-refractivity contribution in [2.45, 2.75) is 50.4 Å². The lowest BCUT2D eigenvalue weighted by Gasteiger charge is -2.20. The number of nitrogens with one attached hydrogen (secondary N) is 1. The second kappa shape index (κ2) is 11.4. The number of anilines is 1. The van der Waals surface area contributed by atoms with Gasteiger partial charge in [0, 0.05) is 6.20 Å². The molecule has 15 heteroatoms. The molecule has 0 radical (unpaired) electrons. The lowest BCUT2D eigenvalue weighted by Crippen LogP contribution is -2.26. The topological polar surface area (TPSA) is 160 Å². The highest BCUT2D eigenvalue weighted by atomic mass is 35.5. The van der Waals surface area contributed by atoms with Gasteiger partial charge in [0.2, 0.25) is 0 Å². The van der Waals surface area contributed by atoms with Gasteiger partial charge < -0.3 is 20.2 Å². The highest BCUT2D eigenvalue weighted by Crippen LogP contribution is 2.38. The Morgan fingerprint density at radius 3 is 2.62 bits per heavy atom. The van der Waals surface area contributed by atoms with Crippen molar-refractivity contribution in [3.8, 4) is 0 Å². The molecule has 3 aromatic heterocycles. The second-order valence-electron chi connectivity index (χ2n) is 7.87. The molecule has 4 N–H and O–H groups in total. The van der Waals surface area contributed by atoms with Gasteiger partial charge in [-0.2, -0.15) is 0 Å². The summed E-state index contributed by atoms with van der Waals surface area (Å²) in [5.74, 6) is 0.646. The molecule has 0 saturated carbocycles. The van der Waals surface area contributed by atoms with Crippen LogP contribution in [0.5, 0.6) is 0 Å². The number of rotatable bonds is 11. The molecule has 3 rings (SSSR count). The fourth-order valence-electron chi connectivity index (χ4n) is 3.11. The average Bonchev–Trinajstić information content (AvgIpc) is 3.06. The van der Waals surface area contributed by atoms with E-state index in [9.17, 15) is 14.5 Å². The van der Waals surface area contributed by atoms with Gasteiger partial charge in [-0.05, 0) is 31.4 Å². The summed E-state index contributed by atoms with van der Waals surface area (Å²) in [6, 6.07) is 3.20. The number of aliphatic hydroxyl groups excluding tert-OH is 1. The van der Waals surface area contributed by atoms with Gasteiger partial charge in [-0.3, -0.25) is 18.9 Å². The van der Waals surface area contributed by atoms with Gasteiger partial charge in [-0.15, -0.1) is 0 Å². The molecular formula is C19H25ClN5O6PS2. The second-order valence-corrected chi connectivity index (χ2v) is 11.8. The zero-order chi connectivity index (χ0) is 25.0. The molecule has 0 aliphatic rings. The molecule has 186 valence electrons. The molecule has 0 aliphatic heterocycles. The predicted molar refractivity (Wildman–Crippen MR) is 132 cm³/mol. The van der Waals surface area contributed by atoms with Crippen LogP contribution >= 0.6 is 42.5 Å². The molecule has 0 aromatic carbocycles. The van der Waals surface area contributed by atoms with Crippen LogP contribution in [0.15, 0.2) is 28.3 Å². The normalized spacial score (nSPS) is 14.0. The van der Waals surface area contributed by atoms with Crippen LogP contribution in [0.1, 0.15) is 38.1 Å². The lowest BCUT2D eigenvalue weighted by atomic mass is 10.0. The molecule has 0 amide bonds. The Morgan fingerprint density at radius 1 is 1.29 bits per heavy atom. The van der Waals surface area contributed by atoms with Crippen LogP contribution in [0.3, 0.4) is 0 Å². The third-order valence-electron chi connectivity index (χ3n) is 4.61. The first-order chi connectivity index (χ1) is 16.0. The van der Waals surface area contributed by atoms with Gasteiger partial charge in [0.25, 0.3) is 0 Å². The van der Waals surface area contributed by atoms with E-state index in [1.165, 1.54) is 11.8 Å². The Morgan fingerprint density at radius 2 is 2.03 bits per heavy atom. The standard InChI is InChI=1S/C19H25ClN5O6PS2/c1-10(2)6-13(8-26)22-16-15-17(25(19(27)34-15)9-31-32(28,29)30)24-18(23-16)33-11(3)14-5-4-12(20)7-21-14/h4-5,7,10-11,13,26H,6,8-9H2,1-3H3,(H,22,23,24)(H2,28,29,30). The van der Waals surface area contributed by atoms with Gasteiger partial charge in [-0.25, -0.2) is 14.5 Å². The number of phosphoric ester groups is 1. The van der Waals surface area contributed by atoms with Crippen LogP contribution in [-0.4, -0.2) is 47.1 Å². The monoisotopic (exact) mass is 549 g/mol. The van der Waals surface area contributed by atoms with E-state index in [-0.39, 0.29) is 23.5 Å². The first kappa shape index (κ1) is 27.0. The van der Waals surface area contributed by atoms with Crippen molar-refractivity contribution < 1.29 is 24.0 Å². The number of thiazole rings is 1. The molecule has 0 bridgehead atoms. The summed E-state index contributed by atoms with van der Waals surface area (Å²) in [6.07, 6.45) is 2.20. The first-order valence-corrected chi connectivity index (χ1v) is 13.8. The van der Waals surface area contributed by atoms with Crippen molar-refractivity contribution in [3.05, 3.63) is 38.7 Å². The minimum absolute atomic E-state index is 0.145. The third-order valence-corrected chi connectivity index (χ3v) is 7.25. The van der Waals surface area contributed by atoms with Gasteiger partial charge in [-0.1, -0.05) is 48.5 Å². The van der Waals surface area contributed by atoms with E-state index in [0.717, 1.165) is 21.6 Å². The number of hydrogen-bond acceptors (Lipinski definition) is 10. The zero-order valence-electron chi connectivity index (χ0n) is 18.6. The van der Waals surface area contributed by atoms with Crippen LogP contribution in [0, 0.1) is 5.92 Å². The minimum atomic E-state index is -4.81. The molecule has 0 spiro atoms. The van der Waals surface area contributed by atoms with Crippen molar-refractivity contribution in [2.24, 2.45) is 5.92 Å². The Labute approximate surface area is 208 Å². The molecule has 0 saturated heterocycles.